The molecule has 35 heavy (non-hydrogen) atoms. The summed E-state index contributed by atoms with van der Waals surface area (Å²) in [6.07, 6.45) is -0.310. The van der Waals surface area contributed by atoms with Crippen molar-refractivity contribution in [2.24, 2.45) is 0 Å². The van der Waals surface area contributed by atoms with Crippen LogP contribution in [0.3, 0.4) is 0 Å². The lowest BCUT2D eigenvalue weighted by molar-refractivity contribution is -0.384. The predicted octanol–water partition coefficient (Wildman–Crippen LogP) is 1.13. The van der Waals surface area contributed by atoms with Crippen molar-refractivity contribution in [3.8, 4) is 0 Å². The van der Waals surface area contributed by atoms with Gasteiger partial charge in [-0.1, -0.05) is 32.6 Å². The number of rotatable bonds is 12. The minimum Gasteiger partial charge on any atom is -0.394 e. The van der Waals surface area contributed by atoms with E-state index in [1.54, 1.807) is 0 Å². The number of aliphatic hydroxyl groups excluding tert-OH is 3. The molecule has 0 aliphatic carbocycles. The maximum absolute atomic E-state index is 12.8. The van der Waals surface area contributed by atoms with Gasteiger partial charge < -0.3 is 24.8 Å². The number of nitrogens with zero attached hydrogens (tertiary/aromatic N) is 2. The van der Waals surface area contributed by atoms with Crippen molar-refractivity contribution in [1.82, 2.24) is 9.55 Å². The van der Waals surface area contributed by atoms with Crippen LogP contribution in [0, 0.1) is 10.1 Å². The Labute approximate surface area is 200 Å². The average Bonchev–Trinajstić information content (AvgIpc) is 3.13. The zero-order valence-corrected chi connectivity index (χ0v) is 19.4. The predicted molar refractivity (Wildman–Crippen MR) is 124 cm³/mol. The van der Waals surface area contributed by atoms with E-state index in [4.69, 9.17) is 9.47 Å². The van der Waals surface area contributed by atoms with Gasteiger partial charge in [0.25, 0.3) is 11.2 Å². The number of non-ortho nitro benzene ring substituents is 1. The largest absolute Gasteiger partial charge is 0.394 e. The van der Waals surface area contributed by atoms with Crippen molar-refractivity contribution in [1.29, 1.82) is 0 Å². The maximum Gasteiger partial charge on any atom is 0.330 e. The number of aliphatic hydroxyl groups is 3. The Morgan fingerprint density at radius 2 is 1.83 bits per heavy atom. The molecule has 1 aromatic carbocycles. The summed E-state index contributed by atoms with van der Waals surface area (Å²) in [5, 5.41) is 40.8. The third-order valence-electron chi connectivity index (χ3n) is 6.01. The minimum absolute atomic E-state index is 0.0183. The van der Waals surface area contributed by atoms with Gasteiger partial charge in [0.2, 0.25) is 0 Å². The topological polar surface area (TPSA) is 177 Å². The molecular formula is C23H31N3O9. The summed E-state index contributed by atoms with van der Waals surface area (Å²) in [5.74, 6) is 0. The second-order valence-corrected chi connectivity index (χ2v) is 8.49. The number of H-pyrrole nitrogens is 1. The number of unbranched alkanes of at least 4 members (excludes halogenated alkanes) is 4. The fourth-order valence-electron chi connectivity index (χ4n) is 4.03. The molecule has 0 unspecified atom stereocenters. The van der Waals surface area contributed by atoms with Crippen molar-refractivity contribution in [2.45, 2.75) is 69.7 Å². The number of benzene rings is 1. The van der Waals surface area contributed by atoms with Crippen LogP contribution in [0.1, 0.15) is 62.5 Å². The number of aromatic amines is 1. The molecular weight excluding hydrogens is 462 g/mol. The molecule has 2 heterocycles. The van der Waals surface area contributed by atoms with Gasteiger partial charge in [0, 0.05) is 24.9 Å². The summed E-state index contributed by atoms with van der Waals surface area (Å²) in [5.41, 5.74) is -1.26. The molecule has 2 aromatic rings. The van der Waals surface area contributed by atoms with Gasteiger partial charge in [0.15, 0.2) is 6.23 Å². The van der Waals surface area contributed by atoms with Gasteiger partial charge in [-0.05, 0) is 24.1 Å². The Hall–Kier alpha value is -2.90. The zero-order valence-electron chi connectivity index (χ0n) is 19.4. The van der Waals surface area contributed by atoms with E-state index in [-0.39, 0.29) is 11.3 Å². The van der Waals surface area contributed by atoms with E-state index in [0.29, 0.717) is 12.2 Å². The lowest BCUT2D eigenvalue weighted by Crippen LogP contribution is -2.39. The third-order valence-corrected chi connectivity index (χ3v) is 6.01. The van der Waals surface area contributed by atoms with Crippen molar-refractivity contribution in [2.75, 3.05) is 13.2 Å². The van der Waals surface area contributed by atoms with E-state index < -0.39 is 53.4 Å². The van der Waals surface area contributed by atoms with E-state index in [2.05, 4.69) is 11.9 Å². The van der Waals surface area contributed by atoms with Crippen molar-refractivity contribution in [3.05, 3.63) is 72.5 Å². The van der Waals surface area contributed by atoms with Gasteiger partial charge in [-0.3, -0.25) is 24.5 Å². The first kappa shape index (κ1) is 26.7. The number of nitro benzene ring substituents is 1. The normalized spacial score (nSPS) is 22.9. The summed E-state index contributed by atoms with van der Waals surface area (Å²) >= 11 is 0. The Balaban J connectivity index is 1.95. The fraction of sp³-hybridized carbons (Fsp3) is 0.565. The quantitative estimate of drug-likeness (QED) is 0.192. The number of nitro groups is 1. The van der Waals surface area contributed by atoms with E-state index in [1.807, 2.05) is 0 Å². The van der Waals surface area contributed by atoms with Gasteiger partial charge >= 0.3 is 5.69 Å². The van der Waals surface area contributed by atoms with Gasteiger partial charge in [0.1, 0.15) is 24.4 Å². The highest BCUT2D eigenvalue weighted by atomic mass is 16.6. The first-order valence-corrected chi connectivity index (χ1v) is 11.6. The molecule has 0 radical (unpaired) electrons. The molecule has 1 aliphatic rings. The molecule has 0 spiro atoms. The molecule has 192 valence electrons. The van der Waals surface area contributed by atoms with E-state index in [1.165, 1.54) is 30.5 Å². The number of hydrogen-bond donors (Lipinski definition) is 4. The summed E-state index contributed by atoms with van der Waals surface area (Å²) < 4.78 is 12.4. The highest BCUT2D eigenvalue weighted by Crippen LogP contribution is 2.30. The summed E-state index contributed by atoms with van der Waals surface area (Å²) in [7, 11) is 0. The smallest absolute Gasteiger partial charge is 0.330 e. The highest BCUT2D eigenvalue weighted by molar-refractivity contribution is 5.36. The standard InChI is InChI=1S/C23H31N3O9/c1-2-3-4-5-6-11-34-20(14-7-9-15(10-8-14)26(32)33)16-12-25(23(31)24-21(16)30)22-19(29)18(28)17(13-27)35-22/h7-10,12,17-20,22,27-29H,2-6,11,13H2,1H3,(H,24,30,31)/t17-,18-,19-,20+,22-/m1/s1. The Morgan fingerprint density at radius 3 is 2.43 bits per heavy atom. The van der Waals surface area contributed by atoms with Crippen LogP contribution in [0.15, 0.2) is 40.1 Å². The van der Waals surface area contributed by atoms with Crippen LogP contribution in [-0.4, -0.2) is 61.3 Å². The average molecular weight is 494 g/mol. The highest BCUT2D eigenvalue weighted by Gasteiger charge is 2.44. The molecule has 0 bridgehead atoms. The molecule has 4 N–H and O–H groups in total. The lowest BCUT2D eigenvalue weighted by Gasteiger charge is -2.22. The van der Waals surface area contributed by atoms with Crippen LogP contribution < -0.4 is 11.2 Å². The van der Waals surface area contributed by atoms with E-state index in [0.717, 1.165) is 36.7 Å². The summed E-state index contributed by atoms with van der Waals surface area (Å²) in [4.78, 5) is 38.0. The van der Waals surface area contributed by atoms with Crippen LogP contribution in [0.2, 0.25) is 0 Å². The summed E-state index contributed by atoms with van der Waals surface area (Å²) in [6.45, 7) is 1.83. The molecule has 12 heteroatoms. The van der Waals surface area contributed by atoms with Gasteiger partial charge in [-0.15, -0.1) is 0 Å². The molecule has 3 rings (SSSR count). The van der Waals surface area contributed by atoms with Crippen molar-refractivity contribution >= 4 is 5.69 Å². The second kappa shape index (κ2) is 12.2. The van der Waals surface area contributed by atoms with Crippen LogP contribution >= 0.6 is 0 Å². The van der Waals surface area contributed by atoms with E-state index >= 15 is 0 Å². The number of nitrogens with one attached hydrogen (secondary N) is 1. The molecule has 1 saturated heterocycles. The van der Waals surface area contributed by atoms with Crippen LogP contribution in [0.25, 0.3) is 0 Å². The van der Waals surface area contributed by atoms with Gasteiger partial charge in [-0.25, -0.2) is 4.79 Å². The van der Waals surface area contributed by atoms with Crippen LogP contribution in [-0.2, 0) is 9.47 Å². The molecule has 0 saturated carbocycles. The lowest BCUT2D eigenvalue weighted by atomic mass is 10.0. The summed E-state index contributed by atoms with van der Waals surface area (Å²) in [6, 6.07) is 5.54. The monoisotopic (exact) mass is 493 g/mol. The molecule has 1 fully saturated rings. The number of hydrogen-bond acceptors (Lipinski definition) is 9. The first-order valence-electron chi connectivity index (χ1n) is 11.6. The Morgan fingerprint density at radius 1 is 1.14 bits per heavy atom. The van der Waals surface area contributed by atoms with Crippen LogP contribution in [0.4, 0.5) is 5.69 Å². The fourth-order valence-corrected chi connectivity index (χ4v) is 4.03. The van der Waals surface area contributed by atoms with E-state index in [9.17, 15) is 35.0 Å². The third kappa shape index (κ3) is 6.21. The number of aromatic nitrogens is 2. The SMILES string of the molecule is CCCCCCCO[C@@H](c1ccc([N+](=O)[O-])cc1)c1cn([C@@H]2O[C@H](CO)[C@@H](O)[C@H]2O)c(=O)[nH]c1=O. The second-order valence-electron chi connectivity index (χ2n) is 8.49. The van der Waals surface area contributed by atoms with Crippen LogP contribution in [0.5, 0.6) is 0 Å². The van der Waals surface area contributed by atoms with Crippen molar-refractivity contribution < 1.29 is 29.7 Å². The molecule has 12 nitrogen and oxygen atoms in total. The Bertz CT molecular complexity index is 1100. The van der Waals surface area contributed by atoms with Gasteiger partial charge in [0.05, 0.1) is 17.1 Å². The Kier molecular flexibility index (Phi) is 9.29. The molecule has 0 amide bonds. The molecule has 5 atom stereocenters. The maximum atomic E-state index is 12.8. The zero-order chi connectivity index (χ0) is 25.5. The minimum atomic E-state index is -1.53. The molecule has 1 aliphatic heterocycles. The van der Waals surface area contributed by atoms with Gasteiger partial charge in [-0.2, -0.15) is 0 Å². The number of ether oxygens (including phenoxy) is 2. The molecule has 1 aromatic heterocycles. The first-order chi connectivity index (χ1) is 16.8. The van der Waals surface area contributed by atoms with Crippen molar-refractivity contribution in [3.63, 3.8) is 0 Å².